The minimum absolute atomic E-state index is 0.0170. The van der Waals surface area contributed by atoms with Gasteiger partial charge in [-0.2, -0.15) is 0 Å². The molecule has 1 aromatic rings. The number of carbonyl (C=O) groups is 2. The van der Waals surface area contributed by atoms with Crippen molar-refractivity contribution in [3.63, 3.8) is 0 Å². The van der Waals surface area contributed by atoms with Gasteiger partial charge in [0.1, 0.15) is 0 Å². The van der Waals surface area contributed by atoms with Crippen LogP contribution >= 0.6 is 22.6 Å². The number of hydrogen-bond acceptors (Lipinski definition) is 2. The summed E-state index contributed by atoms with van der Waals surface area (Å²) < 4.78 is 1.08. The standard InChI is InChI=1S/C12H14INO3/c1-8(9-4-2-3-5-10(9)13)14-11(15)6-7-12(16)17/h2-5,8H,6-7H2,1H3,(H,14,15)(H,16,17)/t8-/m1/s1. The molecule has 0 aliphatic heterocycles. The van der Waals surface area contributed by atoms with Crippen LogP contribution < -0.4 is 5.32 Å². The molecule has 0 bridgehead atoms. The number of halogens is 1. The molecule has 1 atom stereocenters. The van der Waals surface area contributed by atoms with Gasteiger partial charge in [0.2, 0.25) is 5.91 Å². The Morgan fingerprint density at radius 1 is 1.35 bits per heavy atom. The summed E-state index contributed by atoms with van der Waals surface area (Å²) in [6.45, 7) is 1.89. The summed E-state index contributed by atoms with van der Waals surface area (Å²) in [7, 11) is 0. The number of carboxylic acids is 1. The predicted octanol–water partition coefficient (Wildman–Crippen LogP) is 2.33. The summed E-state index contributed by atoms with van der Waals surface area (Å²) >= 11 is 2.21. The number of amides is 1. The maximum atomic E-state index is 11.5. The SMILES string of the molecule is C[C@@H](NC(=O)CCC(=O)O)c1ccccc1I. The Morgan fingerprint density at radius 2 is 2.00 bits per heavy atom. The second kappa shape index (κ2) is 6.58. The van der Waals surface area contributed by atoms with Crippen molar-refractivity contribution in [1.29, 1.82) is 0 Å². The highest BCUT2D eigenvalue weighted by molar-refractivity contribution is 14.1. The fraction of sp³-hybridized carbons (Fsp3) is 0.333. The van der Waals surface area contributed by atoms with Crippen molar-refractivity contribution in [1.82, 2.24) is 5.32 Å². The molecule has 0 saturated carbocycles. The molecule has 0 aromatic heterocycles. The molecule has 1 amide bonds. The van der Waals surface area contributed by atoms with Crippen LogP contribution in [0.1, 0.15) is 31.4 Å². The van der Waals surface area contributed by atoms with E-state index in [-0.39, 0.29) is 24.8 Å². The maximum Gasteiger partial charge on any atom is 0.303 e. The van der Waals surface area contributed by atoms with E-state index in [9.17, 15) is 9.59 Å². The van der Waals surface area contributed by atoms with Gasteiger partial charge in [0.05, 0.1) is 12.5 Å². The number of aliphatic carboxylic acids is 1. The average Bonchev–Trinajstić information content (AvgIpc) is 2.26. The van der Waals surface area contributed by atoms with Gasteiger partial charge in [0.15, 0.2) is 0 Å². The minimum atomic E-state index is -0.956. The first-order chi connectivity index (χ1) is 8.00. The highest BCUT2D eigenvalue weighted by Gasteiger charge is 2.12. The first-order valence-corrected chi connectivity index (χ1v) is 6.34. The lowest BCUT2D eigenvalue weighted by molar-refractivity contribution is -0.138. The number of carboxylic acid groups (broad SMARTS) is 1. The van der Waals surface area contributed by atoms with Crippen molar-refractivity contribution >= 4 is 34.5 Å². The average molecular weight is 347 g/mol. The van der Waals surface area contributed by atoms with Crippen molar-refractivity contribution in [3.8, 4) is 0 Å². The van der Waals surface area contributed by atoms with Crippen molar-refractivity contribution in [3.05, 3.63) is 33.4 Å². The molecule has 2 N–H and O–H groups in total. The third-order valence-electron chi connectivity index (χ3n) is 2.32. The molecule has 0 spiro atoms. The van der Waals surface area contributed by atoms with Gasteiger partial charge in [-0.15, -0.1) is 0 Å². The van der Waals surface area contributed by atoms with Crippen LogP contribution in [0.3, 0.4) is 0 Å². The summed E-state index contributed by atoms with van der Waals surface area (Å²) in [5, 5.41) is 11.3. The van der Waals surface area contributed by atoms with E-state index >= 15 is 0 Å². The Kier molecular flexibility index (Phi) is 5.40. The zero-order valence-corrected chi connectivity index (χ0v) is 11.6. The fourth-order valence-corrected chi connectivity index (χ4v) is 2.29. The van der Waals surface area contributed by atoms with Gasteiger partial charge in [-0.05, 0) is 41.1 Å². The van der Waals surface area contributed by atoms with Crippen molar-refractivity contribution in [2.45, 2.75) is 25.8 Å². The molecule has 0 aliphatic carbocycles. The number of rotatable bonds is 5. The quantitative estimate of drug-likeness (QED) is 0.804. The molecule has 1 rings (SSSR count). The Labute approximate surface area is 114 Å². The fourth-order valence-electron chi connectivity index (χ4n) is 1.44. The van der Waals surface area contributed by atoms with Crippen molar-refractivity contribution in [2.24, 2.45) is 0 Å². The molecule has 0 saturated heterocycles. The van der Waals surface area contributed by atoms with E-state index in [4.69, 9.17) is 5.11 Å². The minimum Gasteiger partial charge on any atom is -0.481 e. The van der Waals surface area contributed by atoms with E-state index in [1.165, 1.54) is 0 Å². The summed E-state index contributed by atoms with van der Waals surface area (Å²) in [5.74, 6) is -1.19. The van der Waals surface area contributed by atoms with Crippen LogP contribution in [-0.4, -0.2) is 17.0 Å². The Hall–Kier alpha value is -1.11. The first kappa shape index (κ1) is 14.0. The lowest BCUT2D eigenvalue weighted by Gasteiger charge is -2.15. The summed E-state index contributed by atoms with van der Waals surface area (Å²) in [6.07, 6.45) is -0.118. The number of benzene rings is 1. The Bertz CT molecular complexity index is 420. The normalized spacial score (nSPS) is 11.9. The molecular formula is C12H14INO3. The Morgan fingerprint density at radius 3 is 2.59 bits per heavy atom. The van der Waals surface area contributed by atoms with E-state index in [0.717, 1.165) is 9.13 Å². The van der Waals surface area contributed by atoms with E-state index in [1.54, 1.807) is 0 Å². The highest BCUT2D eigenvalue weighted by Crippen LogP contribution is 2.19. The van der Waals surface area contributed by atoms with Crippen LogP contribution in [0.4, 0.5) is 0 Å². The van der Waals surface area contributed by atoms with Crippen LogP contribution in [-0.2, 0) is 9.59 Å². The van der Waals surface area contributed by atoms with Crippen LogP contribution in [0.5, 0.6) is 0 Å². The van der Waals surface area contributed by atoms with E-state index < -0.39 is 5.97 Å². The van der Waals surface area contributed by atoms with Crippen molar-refractivity contribution < 1.29 is 14.7 Å². The van der Waals surface area contributed by atoms with E-state index in [2.05, 4.69) is 27.9 Å². The third kappa shape index (κ3) is 4.72. The summed E-state index contributed by atoms with van der Waals surface area (Å²) in [4.78, 5) is 21.8. The van der Waals surface area contributed by atoms with Gasteiger partial charge < -0.3 is 10.4 Å². The zero-order chi connectivity index (χ0) is 12.8. The monoisotopic (exact) mass is 347 g/mol. The molecule has 4 nitrogen and oxygen atoms in total. The molecule has 92 valence electrons. The smallest absolute Gasteiger partial charge is 0.303 e. The zero-order valence-electron chi connectivity index (χ0n) is 9.44. The molecule has 5 heteroatoms. The second-order valence-corrected chi connectivity index (χ2v) is 4.87. The van der Waals surface area contributed by atoms with Gasteiger partial charge in [0, 0.05) is 9.99 Å². The lowest BCUT2D eigenvalue weighted by atomic mass is 10.1. The molecule has 0 aliphatic rings. The molecular weight excluding hydrogens is 333 g/mol. The molecule has 0 heterocycles. The number of hydrogen-bond donors (Lipinski definition) is 2. The van der Waals surface area contributed by atoms with Crippen LogP contribution in [0, 0.1) is 3.57 Å². The second-order valence-electron chi connectivity index (χ2n) is 3.70. The first-order valence-electron chi connectivity index (χ1n) is 5.26. The van der Waals surface area contributed by atoms with Gasteiger partial charge in [-0.3, -0.25) is 9.59 Å². The van der Waals surface area contributed by atoms with E-state index in [0.29, 0.717) is 0 Å². The summed E-state index contributed by atoms with van der Waals surface area (Å²) in [6, 6.07) is 7.66. The van der Waals surface area contributed by atoms with Gasteiger partial charge in [0.25, 0.3) is 0 Å². The number of nitrogens with one attached hydrogen (secondary N) is 1. The molecule has 17 heavy (non-hydrogen) atoms. The molecule has 0 radical (unpaired) electrons. The van der Waals surface area contributed by atoms with Gasteiger partial charge in [-0.25, -0.2) is 0 Å². The van der Waals surface area contributed by atoms with Gasteiger partial charge in [-0.1, -0.05) is 18.2 Å². The molecule has 0 fully saturated rings. The Balaban J connectivity index is 2.55. The molecule has 0 unspecified atom stereocenters. The van der Waals surface area contributed by atoms with Crippen LogP contribution in [0.15, 0.2) is 24.3 Å². The predicted molar refractivity (Wildman–Crippen MR) is 72.6 cm³/mol. The maximum absolute atomic E-state index is 11.5. The molecule has 1 aromatic carbocycles. The van der Waals surface area contributed by atoms with Crippen LogP contribution in [0.2, 0.25) is 0 Å². The van der Waals surface area contributed by atoms with Crippen LogP contribution in [0.25, 0.3) is 0 Å². The topological polar surface area (TPSA) is 66.4 Å². The number of carbonyl (C=O) groups excluding carboxylic acids is 1. The third-order valence-corrected chi connectivity index (χ3v) is 3.30. The lowest BCUT2D eigenvalue weighted by Crippen LogP contribution is -2.27. The highest BCUT2D eigenvalue weighted by atomic mass is 127. The van der Waals surface area contributed by atoms with Gasteiger partial charge >= 0.3 is 5.97 Å². The van der Waals surface area contributed by atoms with Crippen molar-refractivity contribution in [2.75, 3.05) is 0 Å². The van der Waals surface area contributed by atoms with E-state index in [1.807, 2.05) is 31.2 Å². The largest absolute Gasteiger partial charge is 0.481 e. The summed E-state index contributed by atoms with van der Waals surface area (Å²) in [5.41, 5.74) is 1.04.